The molecular formula is C15H24N2O3S. The summed E-state index contributed by atoms with van der Waals surface area (Å²) in [5.41, 5.74) is 0.966. The molecule has 1 fully saturated rings. The summed E-state index contributed by atoms with van der Waals surface area (Å²) in [4.78, 5) is 0.321. The van der Waals surface area contributed by atoms with Gasteiger partial charge < -0.3 is 10.1 Å². The predicted octanol–water partition coefficient (Wildman–Crippen LogP) is 2.31. The first-order chi connectivity index (χ1) is 9.93. The first-order valence-corrected chi connectivity index (χ1v) is 8.69. The van der Waals surface area contributed by atoms with Gasteiger partial charge in [-0.2, -0.15) is 0 Å². The number of methoxy groups -OCH3 is 1. The smallest absolute Gasteiger partial charge is 0.242 e. The fraction of sp³-hybridized carbons (Fsp3) is 0.600. The van der Waals surface area contributed by atoms with Crippen molar-refractivity contribution in [1.82, 2.24) is 4.31 Å². The Kier molecular flexibility index (Phi) is 5.24. The molecule has 0 unspecified atom stereocenters. The lowest BCUT2D eigenvalue weighted by Crippen LogP contribution is -2.29. The molecule has 0 aromatic heterocycles. The van der Waals surface area contributed by atoms with E-state index in [9.17, 15) is 8.42 Å². The molecule has 0 radical (unpaired) electrons. The van der Waals surface area contributed by atoms with Crippen LogP contribution in [0.4, 0.5) is 5.69 Å². The van der Waals surface area contributed by atoms with Crippen molar-refractivity contribution >= 4 is 15.7 Å². The van der Waals surface area contributed by atoms with Crippen LogP contribution in [0.2, 0.25) is 0 Å². The van der Waals surface area contributed by atoms with Crippen LogP contribution in [0.3, 0.4) is 0 Å². The molecule has 0 amide bonds. The Morgan fingerprint density at radius 1 is 1.10 bits per heavy atom. The number of sulfonamides is 1. The summed E-state index contributed by atoms with van der Waals surface area (Å²) in [7, 11) is 1.49. The Hall–Kier alpha value is -1.11. The van der Waals surface area contributed by atoms with E-state index in [-0.39, 0.29) is 0 Å². The highest BCUT2D eigenvalue weighted by Gasteiger charge is 2.21. The van der Waals surface area contributed by atoms with Crippen LogP contribution in [0.1, 0.15) is 25.7 Å². The van der Waals surface area contributed by atoms with Gasteiger partial charge in [0.25, 0.3) is 0 Å². The second-order valence-electron chi connectivity index (χ2n) is 5.67. The molecule has 0 aliphatic heterocycles. The molecule has 1 aromatic rings. The maximum absolute atomic E-state index is 12.0. The van der Waals surface area contributed by atoms with Crippen LogP contribution in [-0.4, -0.2) is 46.1 Å². The number of ether oxygens (including phenoxy) is 1. The summed E-state index contributed by atoms with van der Waals surface area (Å²) in [5.74, 6) is 0. The van der Waals surface area contributed by atoms with E-state index in [1.54, 1.807) is 19.2 Å². The molecule has 1 N–H and O–H groups in total. The highest BCUT2D eigenvalue weighted by molar-refractivity contribution is 7.89. The van der Waals surface area contributed by atoms with Gasteiger partial charge in [0.15, 0.2) is 0 Å². The largest absolute Gasteiger partial charge is 0.382 e. The van der Waals surface area contributed by atoms with Crippen molar-refractivity contribution in [1.29, 1.82) is 0 Å². The molecule has 0 atom stereocenters. The quantitative estimate of drug-likeness (QED) is 0.906. The van der Waals surface area contributed by atoms with Crippen LogP contribution < -0.4 is 5.32 Å². The van der Waals surface area contributed by atoms with Crippen LogP contribution >= 0.6 is 0 Å². The fourth-order valence-electron chi connectivity index (χ4n) is 2.61. The lowest BCUT2D eigenvalue weighted by Gasteiger charge is -2.29. The first kappa shape index (κ1) is 16.3. The summed E-state index contributed by atoms with van der Waals surface area (Å²) >= 11 is 0. The van der Waals surface area contributed by atoms with Crippen LogP contribution in [-0.2, 0) is 14.8 Å². The second kappa shape index (κ2) is 6.77. The van der Waals surface area contributed by atoms with Gasteiger partial charge in [0.1, 0.15) is 0 Å². The average molecular weight is 312 g/mol. The normalized spacial score (nSPS) is 23.2. The molecule has 118 valence electrons. The van der Waals surface area contributed by atoms with E-state index in [2.05, 4.69) is 5.32 Å². The van der Waals surface area contributed by atoms with Crippen molar-refractivity contribution in [2.45, 2.75) is 42.7 Å². The maximum Gasteiger partial charge on any atom is 0.242 e. The molecule has 0 spiro atoms. The van der Waals surface area contributed by atoms with Gasteiger partial charge in [-0.25, -0.2) is 12.7 Å². The van der Waals surface area contributed by atoms with Crippen LogP contribution in [0.25, 0.3) is 0 Å². The van der Waals surface area contributed by atoms with Crippen LogP contribution in [0.15, 0.2) is 29.2 Å². The summed E-state index contributed by atoms with van der Waals surface area (Å²) in [6.45, 7) is 0. The van der Waals surface area contributed by atoms with Gasteiger partial charge in [0, 0.05) is 32.9 Å². The molecule has 1 aliphatic rings. The number of anilines is 1. The monoisotopic (exact) mass is 312 g/mol. The zero-order valence-corrected chi connectivity index (χ0v) is 13.7. The number of nitrogens with zero attached hydrogens (tertiary/aromatic N) is 1. The highest BCUT2D eigenvalue weighted by Crippen LogP contribution is 2.24. The predicted molar refractivity (Wildman–Crippen MR) is 84.0 cm³/mol. The summed E-state index contributed by atoms with van der Waals surface area (Å²) < 4.78 is 30.6. The van der Waals surface area contributed by atoms with Gasteiger partial charge >= 0.3 is 0 Å². The van der Waals surface area contributed by atoms with Gasteiger partial charge in [-0.15, -0.1) is 0 Å². The molecular weight excluding hydrogens is 288 g/mol. The third-order valence-corrected chi connectivity index (χ3v) is 5.84. The van der Waals surface area contributed by atoms with Crippen molar-refractivity contribution in [3.8, 4) is 0 Å². The summed E-state index contributed by atoms with van der Waals surface area (Å²) in [6, 6.07) is 7.40. The fourth-order valence-corrected chi connectivity index (χ4v) is 3.51. The van der Waals surface area contributed by atoms with Gasteiger partial charge in [-0.3, -0.25) is 0 Å². The Labute approximate surface area is 127 Å². The minimum Gasteiger partial charge on any atom is -0.382 e. The second-order valence-corrected chi connectivity index (χ2v) is 7.82. The van der Waals surface area contributed by atoms with Crippen molar-refractivity contribution < 1.29 is 13.2 Å². The Morgan fingerprint density at radius 3 is 2.14 bits per heavy atom. The third-order valence-electron chi connectivity index (χ3n) is 4.01. The van der Waals surface area contributed by atoms with Crippen LogP contribution in [0.5, 0.6) is 0 Å². The Bertz CT molecular complexity index is 547. The Morgan fingerprint density at radius 2 is 1.67 bits per heavy atom. The average Bonchev–Trinajstić information content (AvgIpc) is 2.48. The van der Waals surface area contributed by atoms with Gasteiger partial charge in [-0.05, 0) is 49.9 Å². The van der Waals surface area contributed by atoms with Crippen molar-refractivity contribution in [2.24, 2.45) is 0 Å². The summed E-state index contributed by atoms with van der Waals surface area (Å²) in [6.07, 6.45) is 4.69. The third kappa shape index (κ3) is 3.96. The van der Waals surface area contributed by atoms with Gasteiger partial charge in [0.2, 0.25) is 10.0 Å². The lowest BCUT2D eigenvalue weighted by molar-refractivity contribution is 0.0682. The number of rotatable bonds is 5. The maximum atomic E-state index is 12.0. The molecule has 5 nitrogen and oxygen atoms in total. The number of hydrogen-bond acceptors (Lipinski definition) is 4. The number of nitrogens with one attached hydrogen (secondary N) is 1. The van der Waals surface area contributed by atoms with Gasteiger partial charge in [-0.1, -0.05) is 0 Å². The zero-order chi connectivity index (χ0) is 15.5. The van der Waals surface area contributed by atoms with Crippen molar-refractivity contribution in [3.05, 3.63) is 24.3 Å². The van der Waals surface area contributed by atoms with Crippen LogP contribution in [0, 0.1) is 0 Å². The molecule has 0 heterocycles. The molecule has 1 aliphatic carbocycles. The van der Waals surface area contributed by atoms with Crippen molar-refractivity contribution in [2.75, 3.05) is 26.5 Å². The SMILES string of the molecule is COC1CCC(Nc2ccc(S(=O)(=O)N(C)C)cc2)CC1. The molecule has 2 rings (SSSR count). The molecule has 21 heavy (non-hydrogen) atoms. The highest BCUT2D eigenvalue weighted by atomic mass is 32.2. The summed E-state index contributed by atoms with van der Waals surface area (Å²) in [5, 5.41) is 3.47. The molecule has 0 saturated heterocycles. The lowest BCUT2D eigenvalue weighted by atomic mass is 9.93. The minimum atomic E-state index is -3.35. The number of hydrogen-bond donors (Lipinski definition) is 1. The van der Waals surface area contributed by atoms with E-state index in [4.69, 9.17) is 4.74 Å². The minimum absolute atomic E-state index is 0.321. The van der Waals surface area contributed by atoms with E-state index in [0.717, 1.165) is 31.4 Å². The molecule has 0 bridgehead atoms. The van der Waals surface area contributed by atoms with Crippen molar-refractivity contribution in [3.63, 3.8) is 0 Å². The standard InChI is InChI=1S/C15H24N2O3S/c1-17(2)21(18,19)15-10-6-13(7-11-15)16-12-4-8-14(20-3)9-5-12/h6-7,10-12,14,16H,4-5,8-9H2,1-3H3. The van der Waals surface area contributed by atoms with E-state index in [0.29, 0.717) is 17.0 Å². The molecule has 6 heteroatoms. The molecule has 1 aromatic carbocycles. The van der Waals surface area contributed by atoms with E-state index in [1.165, 1.54) is 18.4 Å². The number of benzene rings is 1. The molecule has 1 saturated carbocycles. The zero-order valence-electron chi connectivity index (χ0n) is 12.9. The topological polar surface area (TPSA) is 58.6 Å². The van der Waals surface area contributed by atoms with Gasteiger partial charge in [0.05, 0.1) is 11.0 Å². The van der Waals surface area contributed by atoms with E-state index < -0.39 is 10.0 Å². The van der Waals surface area contributed by atoms with E-state index >= 15 is 0 Å². The Balaban J connectivity index is 1.97. The van der Waals surface area contributed by atoms with E-state index in [1.807, 2.05) is 12.1 Å². The first-order valence-electron chi connectivity index (χ1n) is 7.25.